The average molecular weight is 445 g/mol. The van der Waals surface area contributed by atoms with Gasteiger partial charge < -0.3 is 5.32 Å². The number of fused-ring (bicyclic) bond motifs is 1. The second-order valence-electron chi connectivity index (χ2n) is 8.54. The Morgan fingerprint density at radius 3 is 2.47 bits per heavy atom. The van der Waals surface area contributed by atoms with E-state index in [0.717, 1.165) is 30.2 Å². The highest BCUT2D eigenvalue weighted by Gasteiger charge is 2.37. The van der Waals surface area contributed by atoms with Gasteiger partial charge in [0, 0.05) is 29.8 Å². The zero-order valence-corrected chi connectivity index (χ0v) is 18.2. The van der Waals surface area contributed by atoms with Crippen LogP contribution in [0.5, 0.6) is 0 Å². The predicted molar refractivity (Wildman–Crippen MR) is 113 cm³/mol. The number of benzene rings is 1. The molecule has 1 aliphatic rings. The van der Waals surface area contributed by atoms with Gasteiger partial charge in [-0.05, 0) is 44.2 Å². The standard InChI is InChI=1S/C23H26F3N5O/c1-15-18(16(2)31-21(28-15)29-20(30-31)23(24,25)26)10-11-19(32)27-14-22(12-6-7-13-22)17-8-4-3-5-9-17/h3-5,8-9H,6-7,10-14H2,1-2H3,(H,27,32). The lowest BCUT2D eigenvalue weighted by Gasteiger charge is -2.30. The maximum atomic E-state index is 13.0. The molecule has 2 aromatic heterocycles. The van der Waals surface area contributed by atoms with Gasteiger partial charge in [0.1, 0.15) is 0 Å². The van der Waals surface area contributed by atoms with E-state index in [1.165, 1.54) is 5.56 Å². The summed E-state index contributed by atoms with van der Waals surface area (Å²) in [5, 5.41) is 6.65. The van der Waals surface area contributed by atoms with Crippen molar-refractivity contribution >= 4 is 11.7 Å². The van der Waals surface area contributed by atoms with Crippen molar-refractivity contribution in [3.8, 4) is 0 Å². The summed E-state index contributed by atoms with van der Waals surface area (Å²) in [6.45, 7) is 3.97. The summed E-state index contributed by atoms with van der Waals surface area (Å²) < 4.78 is 40.0. The molecule has 1 aromatic carbocycles. The van der Waals surface area contributed by atoms with Crippen LogP contribution >= 0.6 is 0 Å². The molecule has 6 nitrogen and oxygen atoms in total. The molecule has 1 N–H and O–H groups in total. The molecule has 0 unspecified atom stereocenters. The third-order valence-electron chi connectivity index (χ3n) is 6.48. The third-order valence-corrected chi connectivity index (χ3v) is 6.48. The minimum Gasteiger partial charge on any atom is -0.355 e. The van der Waals surface area contributed by atoms with Crippen LogP contribution in [0, 0.1) is 13.8 Å². The lowest BCUT2D eigenvalue weighted by molar-refractivity contribution is -0.144. The second-order valence-corrected chi connectivity index (χ2v) is 8.54. The van der Waals surface area contributed by atoms with E-state index in [1.54, 1.807) is 13.8 Å². The number of nitrogens with one attached hydrogen (secondary N) is 1. The molecule has 0 bridgehead atoms. The summed E-state index contributed by atoms with van der Waals surface area (Å²) in [4.78, 5) is 20.3. The summed E-state index contributed by atoms with van der Waals surface area (Å²) in [6.07, 6.45) is 0.336. The van der Waals surface area contributed by atoms with Crippen LogP contribution in [0.2, 0.25) is 0 Å². The van der Waals surface area contributed by atoms with Crippen molar-refractivity contribution in [1.82, 2.24) is 24.9 Å². The molecule has 1 aliphatic carbocycles. The largest absolute Gasteiger partial charge is 0.453 e. The highest BCUT2D eigenvalue weighted by atomic mass is 19.4. The van der Waals surface area contributed by atoms with Crippen molar-refractivity contribution in [3.05, 3.63) is 58.7 Å². The van der Waals surface area contributed by atoms with Gasteiger partial charge in [0.2, 0.25) is 5.91 Å². The fourth-order valence-electron chi connectivity index (χ4n) is 4.70. The molecule has 1 amide bonds. The molecule has 0 aliphatic heterocycles. The number of alkyl halides is 3. The van der Waals surface area contributed by atoms with E-state index in [4.69, 9.17) is 0 Å². The number of hydrogen-bond donors (Lipinski definition) is 1. The quantitative estimate of drug-likeness (QED) is 0.613. The number of aryl methyl sites for hydroxylation is 2. The van der Waals surface area contributed by atoms with Crippen LogP contribution in [-0.4, -0.2) is 32.0 Å². The van der Waals surface area contributed by atoms with Crippen LogP contribution in [0.15, 0.2) is 30.3 Å². The average Bonchev–Trinajstić information content (AvgIpc) is 3.41. The first kappa shape index (κ1) is 22.2. The first-order chi connectivity index (χ1) is 15.2. The zero-order valence-electron chi connectivity index (χ0n) is 18.2. The van der Waals surface area contributed by atoms with E-state index in [-0.39, 0.29) is 23.5 Å². The van der Waals surface area contributed by atoms with Crippen molar-refractivity contribution in [2.45, 2.75) is 64.0 Å². The number of amides is 1. The van der Waals surface area contributed by atoms with E-state index in [9.17, 15) is 18.0 Å². The number of rotatable bonds is 6. The summed E-state index contributed by atoms with van der Waals surface area (Å²) >= 11 is 0. The van der Waals surface area contributed by atoms with Crippen molar-refractivity contribution in [3.63, 3.8) is 0 Å². The second kappa shape index (κ2) is 8.52. The van der Waals surface area contributed by atoms with Gasteiger partial charge in [0.05, 0.1) is 0 Å². The summed E-state index contributed by atoms with van der Waals surface area (Å²) in [5.74, 6) is -1.39. The summed E-state index contributed by atoms with van der Waals surface area (Å²) in [5.41, 5.74) is 3.01. The monoisotopic (exact) mass is 445 g/mol. The van der Waals surface area contributed by atoms with Crippen molar-refractivity contribution in [2.24, 2.45) is 0 Å². The van der Waals surface area contributed by atoms with Gasteiger partial charge in [-0.15, -0.1) is 5.10 Å². The number of carbonyl (C=O) groups is 1. The Morgan fingerprint density at radius 2 is 1.81 bits per heavy atom. The molecule has 3 aromatic rings. The molecule has 0 saturated heterocycles. The molecule has 1 saturated carbocycles. The molecule has 170 valence electrons. The topological polar surface area (TPSA) is 72.2 Å². The Balaban J connectivity index is 1.45. The molecule has 4 rings (SSSR count). The van der Waals surface area contributed by atoms with Gasteiger partial charge in [0.25, 0.3) is 11.6 Å². The van der Waals surface area contributed by atoms with Crippen LogP contribution in [0.3, 0.4) is 0 Å². The number of hydrogen-bond acceptors (Lipinski definition) is 4. The Bertz CT molecular complexity index is 1120. The number of nitrogens with zero attached hydrogens (tertiary/aromatic N) is 4. The lowest BCUT2D eigenvalue weighted by atomic mass is 9.79. The Labute approximate surface area is 184 Å². The van der Waals surface area contributed by atoms with E-state index >= 15 is 0 Å². The van der Waals surface area contributed by atoms with E-state index in [2.05, 4.69) is 32.5 Å². The highest BCUT2D eigenvalue weighted by Crippen LogP contribution is 2.40. The van der Waals surface area contributed by atoms with Crippen molar-refractivity contribution < 1.29 is 18.0 Å². The van der Waals surface area contributed by atoms with Crippen molar-refractivity contribution in [1.29, 1.82) is 0 Å². The third kappa shape index (κ3) is 4.33. The van der Waals surface area contributed by atoms with Gasteiger partial charge >= 0.3 is 6.18 Å². The predicted octanol–water partition coefficient (Wildman–Crippen LogP) is 4.32. The molecular weight excluding hydrogens is 419 g/mol. The lowest BCUT2D eigenvalue weighted by Crippen LogP contribution is -2.39. The smallest absolute Gasteiger partial charge is 0.355 e. The van der Waals surface area contributed by atoms with Crippen LogP contribution in [-0.2, 0) is 22.8 Å². The molecule has 32 heavy (non-hydrogen) atoms. The number of halogens is 3. The minimum atomic E-state index is -4.64. The first-order valence-electron chi connectivity index (χ1n) is 10.8. The molecule has 0 radical (unpaired) electrons. The number of carbonyl (C=O) groups excluding carboxylic acids is 1. The first-order valence-corrected chi connectivity index (χ1v) is 10.8. The van der Waals surface area contributed by atoms with Gasteiger partial charge in [-0.25, -0.2) is 9.50 Å². The molecular formula is C23H26F3N5O. The van der Waals surface area contributed by atoms with E-state index in [1.807, 2.05) is 18.2 Å². The van der Waals surface area contributed by atoms with E-state index < -0.39 is 12.0 Å². The molecule has 9 heteroatoms. The van der Waals surface area contributed by atoms with Crippen LogP contribution in [0.4, 0.5) is 13.2 Å². The fraction of sp³-hybridized carbons (Fsp3) is 0.478. The molecule has 0 spiro atoms. The maximum Gasteiger partial charge on any atom is 0.453 e. The Hall–Kier alpha value is -2.97. The SMILES string of the molecule is Cc1nc2nc(C(F)(F)F)nn2c(C)c1CCC(=O)NCC1(c2ccccc2)CCCC1. The summed E-state index contributed by atoms with van der Waals surface area (Å²) in [6, 6.07) is 10.3. The van der Waals surface area contributed by atoms with Gasteiger partial charge in [0.15, 0.2) is 0 Å². The van der Waals surface area contributed by atoms with Crippen molar-refractivity contribution in [2.75, 3.05) is 6.54 Å². The normalized spacial score (nSPS) is 15.9. The Morgan fingerprint density at radius 1 is 1.12 bits per heavy atom. The van der Waals surface area contributed by atoms with Gasteiger partial charge in [-0.1, -0.05) is 43.2 Å². The fourth-order valence-corrected chi connectivity index (χ4v) is 4.70. The molecule has 2 heterocycles. The van der Waals surface area contributed by atoms with Gasteiger partial charge in [-0.3, -0.25) is 4.79 Å². The van der Waals surface area contributed by atoms with Gasteiger partial charge in [-0.2, -0.15) is 18.2 Å². The maximum absolute atomic E-state index is 13.0. The van der Waals surface area contributed by atoms with Crippen LogP contribution in [0.1, 0.15) is 60.4 Å². The van der Waals surface area contributed by atoms with E-state index in [0.29, 0.717) is 29.9 Å². The van der Waals surface area contributed by atoms with Crippen LogP contribution in [0.25, 0.3) is 5.78 Å². The van der Waals surface area contributed by atoms with Crippen LogP contribution < -0.4 is 5.32 Å². The zero-order chi connectivity index (χ0) is 22.9. The minimum absolute atomic E-state index is 0.0298. The Kier molecular flexibility index (Phi) is 5.92. The highest BCUT2D eigenvalue weighted by molar-refractivity contribution is 5.76. The molecule has 0 atom stereocenters. The molecule has 1 fully saturated rings. The number of aromatic nitrogens is 4. The summed E-state index contributed by atoms with van der Waals surface area (Å²) in [7, 11) is 0.